The first-order valence-corrected chi connectivity index (χ1v) is 5.64. The van der Waals surface area contributed by atoms with Crippen molar-refractivity contribution in [2.75, 3.05) is 0 Å². The van der Waals surface area contributed by atoms with Crippen molar-refractivity contribution in [2.24, 2.45) is 0 Å². The van der Waals surface area contributed by atoms with Crippen LogP contribution in [0.25, 0.3) is 0 Å². The highest BCUT2D eigenvalue weighted by Crippen LogP contribution is 2.09. The minimum atomic E-state index is -1.09. The number of rotatable bonds is 4. The van der Waals surface area contributed by atoms with Crippen LogP contribution in [-0.4, -0.2) is 36.6 Å². The molecule has 7 nitrogen and oxygen atoms in total. The van der Waals surface area contributed by atoms with Crippen LogP contribution in [0.1, 0.15) is 25.1 Å². The van der Waals surface area contributed by atoms with Gasteiger partial charge >= 0.3 is 11.7 Å². The number of aliphatic carboxylic acids is 1. The van der Waals surface area contributed by atoms with Gasteiger partial charge in [0.25, 0.3) is 0 Å². The van der Waals surface area contributed by atoms with E-state index in [2.05, 4.69) is 5.10 Å². The molecular formula is C10H15N3O4. The molecule has 7 heteroatoms. The molecule has 1 aromatic rings. The second kappa shape index (κ2) is 4.70. The number of aromatic nitrogens is 3. The fourth-order valence-electron chi connectivity index (χ4n) is 2.03. The third-order valence-electron chi connectivity index (χ3n) is 2.83. The highest BCUT2D eigenvalue weighted by Gasteiger charge is 2.19. The Labute approximate surface area is 97.3 Å². The monoisotopic (exact) mass is 241 g/mol. The number of hydrogen-bond donors (Lipinski definition) is 2. The van der Waals surface area contributed by atoms with E-state index in [0.29, 0.717) is 6.54 Å². The Morgan fingerprint density at radius 2 is 2.24 bits per heavy atom. The summed E-state index contributed by atoms with van der Waals surface area (Å²) in [6.07, 6.45) is 1.26. The molecule has 0 amide bonds. The molecule has 0 spiro atoms. The van der Waals surface area contributed by atoms with E-state index < -0.39 is 12.1 Å². The lowest BCUT2D eigenvalue weighted by Crippen LogP contribution is -2.31. The van der Waals surface area contributed by atoms with Gasteiger partial charge in [-0.15, -0.1) is 0 Å². The van der Waals surface area contributed by atoms with Crippen molar-refractivity contribution in [3.63, 3.8) is 0 Å². The van der Waals surface area contributed by atoms with Crippen LogP contribution in [0.2, 0.25) is 0 Å². The van der Waals surface area contributed by atoms with E-state index in [1.54, 1.807) is 4.57 Å². The quantitative estimate of drug-likeness (QED) is 0.720. The second-order valence-electron chi connectivity index (χ2n) is 4.24. The zero-order valence-corrected chi connectivity index (χ0v) is 9.37. The van der Waals surface area contributed by atoms with Gasteiger partial charge in [-0.2, -0.15) is 5.10 Å². The van der Waals surface area contributed by atoms with Crippen LogP contribution in [0.15, 0.2) is 4.79 Å². The largest absolute Gasteiger partial charge is 0.481 e. The Balaban J connectivity index is 2.14. The lowest BCUT2D eigenvalue weighted by Gasteiger charge is -2.09. The van der Waals surface area contributed by atoms with Crippen molar-refractivity contribution in [1.29, 1.82) is 0 Å². The normalized spacial score (nSPS) is 16.5. The fraction of sp³-hybridized carbons (Fsp3) is 0.700. The average molecular weight is 241 g/mol. The van der Waals surface area contributed by atoms with Crippen LogP contribution in [-0.2, 0) is 24.3 Å². The van der Waals surface area contributed by atoms with Gasteiger partial charge in [0.2, 0.25) is 0 Å². The van der Waals surface area contributed by atoms with E-state index in [4.69, 9.17) is 5.11 Å². The van der Waals surface area contributed by atoms with Crippen molar-refractivity contribution in [2.45, 2.75) is 44.9 Å². The average Bonchev–Trinajstić information content (AvgIpc) is 2.55. The van der Waals surface area contributed by atoms with Crippen molar-refractivity contribution in [3.05, 3.63) is 16.3 Å². The maximum atomic E-state index is 11.8. The molecule has 1 aliphatic heterocycles. The Morgan fingerprint density at radius 3 is 2.88 bits per heavy atom. The minimum absolute atomic E-state index is 0.0644. The van der Waals surface area contributed by atoms with Crippen molar-refractivity contribution in [1.82, 2.24) is 14.3 Å². The zero-order chi connectivity index (χ0) is 12.4. The van der Waals surface area contributed by atoms with Crippen molar-refractivity contribution >= 4 is 5.97 Å². The number of aliphatic hydroxyl groups is 1. The number of hydrogen-bond acceptors (Lipinski definition) is 4. The van der Waals surface area contributed by atoms with Gasteiger partial charge in [0.05, 0.1) is 19.1 Å². The highest BCUT2D eigenvalue weighted by molar-refractivity contribution is 5.67. The highest BCUT2D eigenvalue weighted by atomic mass is 16.4. The molecule has 0 aromatic carbocycles. The first-order chi connectivity index (χ1) is 8.08. The summed E-state index contributed by atoms with van der Waals surface area (Å²) in [6.45, 7) is 0.592. The molecule has 94 valence electrons. The SMILES string of the molecule is O=C(O)CC(O)Cn1nc2n(c1=O)CCCC2. The number of carboxylic acids is 1. The molecule has 2 rings (SSSR count). The molecule has 0 bridgehead atoms. The summed E-state index contributed by atoms with van der Waals surface area (Å²) in [5.41, 5.74) is -0.260. The molecular weight excluding hydrogens is 226 g/mol. The van der Waals surface area contributed by atoms with Gasteiger partial charge in [0.15, 0.2) is 0 Å². The van der Waals surface area contributed by atoms with E-state index in [1.165, 1.54) is 0 Å². The van der Waals surface area contributed by atoms with Gasteiger partial charge in [-0.1, -0.05) is 0 Å². The van der Waals surface area contributed by atoms with Gasteiger partial charge in [0.1, 0.15) is 5.82 Å². The van der Waals surface area contributed by atoms with Gasteiger partial charge < -0.3 is 10.2 Å². The van der Waals surface area contributed by atoms with Gasteiger partial charge in [-0.05, 0) is 12.8 Å². The van der Waals surface area contributed by atoms with Crippen LogP contribution < -0.4 is 5.69 Å². The molecule has 0 aliphatic carbocycles. The van der Waals surface area contributed by atoms with Gasteiger partial charge in [0, 0.05) is 13.0 Å². The lowest BCUT2D eigenvalue weighted by molar-refractivity contribution is -0.139. The molecule has 0 fully saturated rings. The number of fused-ring (bicyclic) bond motifs is 1. The third kappa shape index (κ3) is 2.55. The topological polar surface area (TPSA) is 97.3 Å². The van der Waals surface area contributed by atoms with Gasteiger partial charge in [-0.25, -0.2) is 9.48 Å². The minimum Gasteiger partial charge on any atom is -0.481 e. The first-order valence-electron chi connectivity index (χ1n) is 5.64. The van der Waals surface area contributed by atoms with E-state index >= 15 is 0 Å². The zero-order valence-electron chi connectivity index (χ0n) is 9.37. The summed E-state index contributed by atoms with van der Waals surface area (Å²) < 4.78 is 2.76. The second-order valence-corrected chi connectivity index (χ2v) is 4.24. The predicted octanol–water partition coefficient (Wildman–Crippen LogP) is -0.783. The Hall–Kier alpha value is -1.63. The number of aliphatic hydroxyl groups excluding tert-OH is 1. The molecule has 2 N–H and O–H groups in total. The number of nitrogens with zero attached hydrogens (tertiary/aromatic N) is 3. The number of aryl methyl sites for hydroxylation is 1. The van der Waals surface area contributed by atoms with E-state index in [0.717, 1.165) is 29.8 Å². The van der Waals surface area contributed by atoms with Crippen molar-refractivity contribution < 1.29 is 15.0 Å². The number of carbonyl (C=O) groups is 1. The maximum Gasteiger partial charge on any atom is 0.346 e. The Bertz CT molecular complexity index is 476. The molecule has 1 atom stereocenters. The number of carboxylic acid groups (broad SMARTS) is 1. The van der Waals surface area contributed by atoms with Crippen molar-refractivity contribution in [3.8, 4) is 0 Å². The van der Waals surface area contributed by atoms with Crippen LogP contribution in [0, 0.1) is 0 Å². The third-order valence-corrected chi connectivity index (χ3v) is 2.83. The van der Waals surface area contributed by atoms with Crippen LogP contribution in [0.3, 0.4) is 0 Å². The maximum absolute atomic E-state index is 11.8. The summed E-state index contributed by atoms with van der Waals surface area (Å²) in [5.74, 6) is -0.363. The summed E-state index contributed by atoms with van der Waals surface area (Å²) in [5, 5.41) is 22.1. The van der Waals surface area contributed by atoms with E-state index in [-0.39, 0.29) is 18.7 Å². The van der Waals surface area contributed by atoms with Gasteiger partial charge in [-0.3, -0.25) is 9.36 Å². The standard InChI is InChI=1S/C10H15N3O4/c14-7(5-9(15)16)6-13-10(17)12-4-2-1-3-8(12)11-13/h7,14H,1-6H2,(H,15,16). The van der Waals surface area contributed by atoms with Crippen LogP contribution in [0.5, 0.6) is 0 Å². The summed E-state index contributed by atoms with van der Waals surface area (Å²) in [4.78, 5) is 22.2. The molecule has 17 heavy (non-hydrogen) atoms. The van der Waals surface area contributed by atoms with Crippen LogP contribution in [0.4, 0.5) is 0 Å². The predicted molar refractivity (Wildman–Crippen MR) is 57.7 cm³/mol. The summed E-state index contributed by atoms with van der Waals surface area (Å²) >= 11 is 0. The van der Waals surface area contributed by atoms with E-state index in [9.17, 15) is 14.7 Å². The Kier molecular flexibility index (Phi) is 3.28. The molecule has 1 aliphatic rings. The first kappa shape index (κ1) is 11.8. The summed E-state index contributed by atoms with van der Waals surface area (Å²) in [6, 6.07) is 0. The molecule has 1 unspecified atom stereocenters. The molecule has 0 saturated carbocycles. The lowest BCUT2D eigenvalue weighted by atomic mass is 10.2. The smallest absolute Gasteiger partial charge is 0.346 e. The van der Waals surface area contributed by atoms with Crippen LogP contribution >= 0.6 is 0 Å². The molecule has 0 radical (unpaired) electrons. The molecule has 0 saturated heterocycles. The molecule has 1 aromatic heterocycles. The Morgan fingerprint density at radius 1 is 1.47 bits per heavy atom. The fourth-order valence-corrected chi connectivity index (χ4v) is 2.03. The van der Waals surface area contributed by atoms with E-state index in [1.807, 2.05) is 0 Å². The summed E-state index contributed by atoms with van der Waals surface area (Å²) in [7, 11) is 0. The molecule has 2 heterocycles.